The first-order valence-electron chi connectivity index (χ1n) is 28.1. The van der Waals surface area contributed by atoms with Gasteiger partial charge < -0.3 is 64.4 Å². The predicted molar refractivity (Wildman–Crippen MR) is 280 cm³/mol. The molecule has 0 N–H and O–H groups in total. The fraction of sp³-hybridized carbons (Fsp3) is 1.00. The van der Waals surface area contributed by atoms with Gasteiger partial charge in [0.1, 0.15) is 0 Å². The minimum Gasteiger partial charge on any atom is -1.00 e. The van der Waals surface area contributed by atoms with Gasteiger partial charge in [-0.3, -0.25) is 0 Å². The fourth-order valence-corrected chi connectivity index (χ4v) is 8.34. The average molecular weight is 1090 g/mol. The molecule has 0 aromatic heterocycles. The van der Waals surface area contributed by atoms with Crippen molar-refractivity contribution in [3.63, 3.8) is 0 Å². The van der Waals surface area contributed by atoms with Gasteiger partial charge in [-0.05, 0) is 38.5 Å². The van der Waals surface area contributed by atoms with Crippen LogP contribution in [0.5, 0.6) is 0 Å². The van der Waals surface area contributed by atoms with Crippen molar-refractivity contribution in [1.82, 2.24) is 0 Å². The third-order valence-corrected chi connectivity index (χ3v) is 12.5. The third kappa shape index (κ3) is 87.0. The van der Waals surface area contributed by atoms with Crippen LogP contribution in [0.15, 0.2) is 0 Å². The molecular formula is C57H126Br3N3. The summed E-state index contributed by atoms with van der Waals surface area (Å²) in [6.45, 7) is 10.9. The minimum absolute atomic E-state index is 0. The molecule has 0 aliphatic carbocycles. The summed E-state index contributed by atoms with van der Waals surface area (Å²) in [4.78, 5) is 0. The van der Waals surface area contributed by atoms with Gasteiger partial charge in [0, 0.05) is 0 Å². The largest absolute Gasteiger partial charge is 1.00 e. The standard InChI is InChI=1S/3C19H42N.3BrH/c3*1-5-6-7-8-9-10-11-12-13-14-15-16-17-18-19-20(2,3)4;;;/h3*5-19H2,1-4H3;3*1H/q3*+1;;;/p-3. The van der Waals surface area contributed by atoms with Crippen LogP contribution in [0.3, 0.4) is 0 Å². The van der Waals surface area contributed by atoms with E-state index in [1.807, 2.05) is 0 Å². The highest BCUT2D eigenvalue weighted by Gasteiger charge is 2.07. The summed E-state index contributed by atoms with van der Waals surface area (Å²) < 4.78 is 3.37. The lowest BCUT2D eigenvalue weighted by atomic mass is 10.0. The molecule has 0 atom stereocenters. The molecule has 0 aliphatic heterocycles. The zero-order valence-electron chi connectivity index (χ0n) is 46.3. The Hall–Kier alpha value is 1.32. The van der Waals surface area contributed by atoms with Crippen LogP contribution in [0.4, 0.5) is 0 Å². The lowest BCUT2D eigenvalue weighted by molar-refractivity contribution is -0.870. The number of hydrogen-bond acceptors (Lipinski definition) is 0. The van der Waals surface area contributed by atoms with Crippen molar-refractivity contribution in [2.24, 2.45) is 0 Å². The Kier molecular flexibility index (Phi) is 71.5. The molecule has 0 bridgehead atoms. The first kappa shape index (κ1) is 75.8. The van der Waals surface area contributed by atoms with E-state index in [1.165, 1.54) is 289 Å². The van der Waals surface area contributed by atoms with Gasteiger partial charge in [0.15, 0.2) is 0 Å². The molecule has 0 spiro atoms. The summed E-state index contributed by atoms with van der Waals surface area (Å²) in [5.41, 5.74) is 0. The molecule has 0 saturated heterocycles. The molecule has 0 radical (unpaired) electrons. The second-order valence-electron chi connectivity index (χ2n) is 22.8. The Morgan fingerprint density at radius 1 is 0.159 bits per heavy atom. The molecule has 0 heterocycles. The van der Waals surface area contributed by atoms with Crippen LogP contribution in [0.25, 0.3) is 0 Å². The smallest absolute Gasteiger partial charge is 0.0780 e. The maximum atomic E-state index is 2.29. The molecule has 0 saturated carbocycles. The van der Waals surface area contributed by atoms with E-state index in [2.05, 4.69) is 84.2 Å². The lowest BCUT2D eigenvalue weighted by Crippen LogP contribution is -3.00. The Morgan fingerprint density at radius 2 is 0.254 bits per heavy atom. The SMILES string of the molecule is CCCCCCCCCCCCCCCC[N+](C)(C)C.CCCCCCCCCCCCCCCC[N+](C)(C)C.CCCCCCCCCCCCCCCC[N+](C)(C)C.[Br-].[Br-].[Br-]. The molecule has 0 unspecified atom stereocenters. The summed E-state index contributed by atoms with van der Waals surface area (Å²) >= 11 is 0. The molecular weight excluding hydrogens is 966 g/mol. The summed E-state index contributed by atoms with van der Waals surface area (Å²) in [7, 11) is 20.6. The van der Waals surface area contributed by atoms with Crippen LogP contribution in [-0.2, 0) is 0 Å². The zero-order chi connectivity index (χ0) is 45.3. The summed E-state index contributed by atoms with van der Waals surface area (Å²) in [5.74, 6) is 0. The van der Waals surface area contributed by atoms with E-state index < -0.39 is 0 Å². The molecule has 63 heavy (non-hydrogen) atoms. The van der Waals surface area contributed by atoms with E-state index in [-0.39, 0.29) is 50.9 Å². The maximum absolute atomic E-state index is 2.29. The van der Waals surface area contributed by atoms with Crippen LogP contribution < -0.4 is 50.9 Å². The molecule has 0 fully saturated rings. The van der Waals surface area contributed by atoms with Gasteiger partial charge in [-0.25, -0.2) is 0 Å². The predicted octanol–water partition coefficient (Wildman–Crippen LogP) is 9.53. The van der Waals surface area contributed by atoms with Crippen LogP contribution in [0.2, 0.25) is 0 Å². The second-order valence-corrected chi connectivity index (χ2v) is 22.8. The number of unbranched alkanes of at least 4 members (excludes halogenated alkanes) is 39. The van der Waals surface area contributed by atoms with Gasteiger partial charge in [0.2, 0.25) is 0 Å². The first-order chi connectivity index (χ1) is 28.7. The second kappa shape index (κ2) is 59.4. The normalized spacial score (nSPS) is 11.4. The molecule has 0 rings (SSSR count). The van der Waals surface area contributed by atoms with E-state index in [9.17, 15) is 0 Å². The molecule has 3 nitrogen and oxygen atoms in total. The van der Waals surface area contributed by atoms with Crippen molar-refractivity contribution in [3.8, 4) is 0 Å². The highest BCUT2D eigenvalue weighted by Crippen LogP contribution is 2.16. The third-order valence-electron chi connectivity index (χ3n) is 12.5. The van der Waals surface area contributed by atoms with E-state index in [1.54, 1.807) is 0 Å². The van der Waals surface area contributed by atoms with Crippen molar-refractivity contribution in [1.29, 1.82) is 0 Å². The van der Waals surface area contributed by atoms with Crippen molar-refractivity contribution in [2.75, 3.05) is 83.1 Å². The number of hydrogen-bond donors (Lipinski definition) is 0. The number of quaternary nitrogens is 3. The first-order valence-corrected chi connectivity index (χ1v) is 28.1. The Bertz CT molecular complexity index is 659. The molecule has 390 valence electrons. The van der Waals surface area contributed by atoms with E-state index in [0.29, 0.717) is 0 Å². The average Bonchev–Trinajstić information content (AvgIpc) is 3.17. The molecule has 0 aliphatic rings. The van der Waals surface area contributed by atoms with Crippen molar-refractivity contribution < 1.29 is 64.4 Å². The molecule has 6 heteroatoms. The van der Waals surface area contributed by atoms with Crippen molar-refractivity contribution >= 4 is 0 Å². The summed E-state index contributed by atoms with van der Waals surface area (Å²) in [6.07, 6.45) is 61.1. The minimum atomic E-state index is 0. The lowest BCUT2D eigenvalue weighted by Gasteiger charge is -2.23. The van der Waals surface area contributed by atoms with Gasteiger partial charge >= 0.3 is 0 Å². The van der Waals surface area contributed by atoms with Gasteiger partial charge in [-0.15, -0.1) is 0 Å². The van der Waals surface area contributed by atoms with E-state index in [0.717, 1.165) is 13.4 Å². The quantitative estimate of drug-likeness (QED) is 0.0422. The highest BCUT2D eigenvalue weighted by atomic mass is 79.9. The Labute approximate surface area is 435 Å². The summed E-state index contributed by atoms with van der Waals surface area (Å²) in [6, 6.07) is 0. The van der Waals surface area contributed by atoms with Crippen molar-refractivity contribution in [3.05, 3.63) is 0 Å². The zero-order valence-corrected chi connectivity index (χ0v) is 51.1. The Balaban J connectivity index is -0.000000189. The van der Waals surface area contributed by atoms with Crippen molar-refractivity contribution in [2.45, 2.75) is 290 Å². The van der Waals surface area contributed by atoms with E-state index in [4.69, 9.17) is 0 Å². The molecule has 0 amide bonds. The van der Waals surface area contributed by atoms with Gasteiger partial charge in [-0.1, -0.05) is 252 Å². The van der Waals surface area contributed by atoms with Crippen LogP contribution >= 0.6 is 0 Å². The number of rotatable bonds is 45. The van der Waals surface area contributed by atoms with Gasteiger partial charge in [-0.2, -0.15) is 0 Å². The molecule has 0 aromatic carbocycles. The van der Waals surface area contributed by atoms with Crippen LogP contribution in [-0.4, -0.2) is 96.5 Å². The summed E-state index contributed by atoms with van der Waals surface area (Å²) in [5, 5.41) is 0. The van der Waals surface area contributed by atoms with Gasteiger partial charge in [0.25, 0.3) is 0 Å². The Morgan fingerprint density at radius 3 is 0.349 bits per heavy atom. The molecule has 0 aromatic rings. The number of nitrogens with zero attached hydrogens (tertiary/aromatic N) is 3. The topological polar surface area (TPSA) is 0 Å². The maximum Gasteiger partial charge on any atom is 0.0780 e. The fourth-order valence-electron chi connectivity index (χ4n) is 8.34. The van der Waals surface area contributed by atoms with Crippen LogP contribution in [0.1, 0.15) is 290 Å². The van der Waals surface area contributed by atoms with Gasteiger partial charge in [0.05, 0.1) is 83.1 Å². The van der Waals surface area contributed by atoms with E-state index >= 15 is 0 Å². The monoisotopic (exact) mass is 1090 g/mol. The van der Waals surface area contributed by atoms with Crippen LogP contribution in [0, 0.1) is 0 Å². The highest BCUT2D eigenvalue weighted by molar-refractivity contribution is 4.52. The number of halogens is 3.